The molecule has 1 fully saturated rings. The van der Waals surface area contributed by atoms with Gasteiger partial charge in [0.2, 0.25) is 21.3 Å². The number of hydrogen-bond acceptors (Lipinski definition) is 11. The fourth-order valence-corrected chi connectivity index (χ4v) is 14.0. The number of hydrogen-bond donors (Lipinski definition) is 4. The number of nitrogens with one attached hydrogen (secondary N) is 2. The summed E-state index contributed by atoms with van der Waals surface area (Å²) in [5.74, 6) is 0.699. The van der Waals surface area contributed by atoms with Crippen LogP contribution in [0.1, 0.15) is 143 Å². The number of ether oxygens (including phenoxy) is 1. The van der Waals surface area contributed by atoms with Crippen LogP contribution in [0.25, 0.3) is 5.57 Å². The number of benzene rings is 3. The summed E-state index contributed by atoms with van der Waals surface area (Å²) >= 11 is 0. The summed E-state index contributed by atoms with van der Waals surface area (Å²) in [6.07, 6.45) is 21.1. The molecule has 4 N–H and O–H groups in total. The molecule has 0 spiro atoms. The van der Waals surface area contributed by atoms with Crippen molar-refractivity contribution in [1.82, 2.24) is 14.6 Å². The van der Waals surface area contributed by atoms with E-state index >= 15 is 0 Å². The zero-order chi connectivity index (χ0) is 50.6. The van der Waals surface area contributed by atoms with Crippen LogP contribution < -0.4 is 34.8 Å². The van der Waals surface area contributed by atoms with Crippen LogP contribution in [0.3, 0.4) is 0 Å². The van der Waals surface area contributed by atoms with Crippen molar-refractivity contribution in [1.29, 1.82) is 0 Å². The topological polar surface area (TPSA) is 205 Å². The Morgan fingerprint density at radius 2 is 1.65 bits per heavy atom. The number of Topliss-reactive ketones (excluding diaryl/α,β-unsaturated/α-hetero) is 1. The Bertz CT molecular complexity index is 2980. The molecule has 1 aliphatic carbocycles. The van der Waals surface area contributed by atoms with Crippen LogP contribution >= 0.6 is 0 Å². The minimum Gasteiger partial charge on any atom is -0.744 e. The number of anilines is 1. The highest BCUT2D eigenvalue weighted by molar-refractivity contribution is 7.89. The number of carbonyl (C=O) groups excluding carboxylic acids is 2. The van der Waals surface area contributed by atoms with Crippen LogP contribution in [0.4, 0.5) is 5.69 Å². The Morgan fingerprint density at radius 1 is 0.889 bits per heavy atom. The average molecular weight is 1030 g/mol. The molecule has 3 unspecified atom stereocenters. The minimum atomic E-state index is -5.19. The predicted molar refractivity (Wildman–Crippen MR) is 276 cm³/mol. The highest BCUT2D eigenvalue weighted by Gasteiger charge is 2.40. The van der Waals surface area contributed by atoms with Crippen molar-refractivity contribution in [3.8, 4) is 11.5 Å². The molecular weight excluding hydrogens is 953 g/mol. The fraction of sp³-hybridized carbons (Fsp3) is 0.554. The zero-order valence-corrected chi connectivity index (χ0v) is 43.4. The summed E-state index contributed by atoms with van der Waals surface area (Å²) < 4.78 is 79.7. The minimum absolute atomic E-state index is 0.0238. The van der Waals surface area contributed by atoms with Crippen LogP contribution in [0.5, 0.6) is 11.5 Å². The lowest BCUT2D eigenvalue weighted by Gasteiger charge is -2.39. The van der Waals surface area contributed by atoms with Crippen molar-refractivity contribution in [3.63, 3.8) is 0 Å². The van der Waals surface area contributed by atoms with E-state index in [1.807, 2.05) is 12.2 Å². The second-order valence-corrected chi connectivity index (χ2v) is 23.8. The largest absolute Gasteiger partial charge is 0.744 e. The number of rotatable bonds is 22. The molecule has 72 heavy (non-hydrogen) atoms. The quantitative estimate of drug-likeness (QED) is 0.0322. The summed E-state index contributed by atoms with van der Waals surface area (Å²) in [4.78, 5) is 26.7. The average Bonchev–Trinajstić information content (AvgIpc) is 3.63. The van der Waals surface area contributed by atoms with Gasteiger partial charge in [0.05, 0.1) is 27.6 Å². The van der Waals surface area contributed by atoms with Crippen LogP contribution in [-0.2, 0) is 55.4 Å². The van der Waals surface area contributed by atoms with E-state index in [9.17, 15) is 41.2 Å². The van der Waals surface area contributed by atoms with Gasteiger partial charge in [0.25, 0.3) is 0 Å². The maximum absolute atomic E-state index is 13.8. The van der Waals surface area contributed by atoms with Gasteiger partial charge in [-0.25, -0.2) is 26.1 Å². The summed E-state index contributed by atoms with van der Waals surface area (Å²) in [6, 6.07) is 8.14. The van der Waals surface area contributed by atoms with Crippen LogP contribution in [0.2, 0.25) is 0 Å². The maximum atomic E-state index is 13.8. The number of ketones is 1. The number of unbranched alkanes of at least 4 members (excludes halogenated alkanes) is 5. The summed E-state index contributed by atoms with van der Waals surface area (Å²) in [5.41, 5.74) is 7.28. The maximum Gasteiger partial charge on any atom is 0.240 e. The van der Waals surface area contributed by atoms with Gasteiger partial charge in [0, 0.05) is 102 Å². The first-order valence-corrected chi connectivity index (χ1v) is 29.6. The second-order valence-electron chi connectivity index (χ2n) is 20.7. The molecule has 5 heterocycles. The van der Waals surface area contributed by atoms with Crippen molar-refractivity contribution in [2.24, 2.45) is 11.8 Å². The molecule has 0 aromatic heterocycles. The number of aryl methyl sites for hydroxylation is 2. The monoisotopic (exact) mass is 1020 g/mol. The number of fused-ring (bicyclic) bond motifs is 4. The Hall–Kier alpha value is -4.71. The highest BCUT2D eigenvalue weighted by Crippen LogP contribution is 2.49. The van der Waals surface area contributed by atoms with Gasteiger partial charge in [-0.2, -0.15) is 0 Å². The molecule has 0 bridgehead atoms. The van der Waals surface area contributed by atoms with Crippen molar-refractivity contribution in [2.75, 3.05) is 44.2 Å². The molecule has 1 saturated carbocycles. The number of carbonyl (C=O) groups is 2. The van der Waals surface area contributed by atoms with Gasteiger partial charge in [0.15, 0.2) is 0 Å². The SMILES string of the molecule is CCCCCC(O)/C=C/[C@H]1C(O)CC(=O)C1C/C=C\CCCC(=O)NCCCCCNS(=O)(=O)c1ccc(C2=c3cc4c5c(c3Oc3c2cc2c6c3CCCN6CCC2)CCC[N+]=5CCC4)c(S(=O)(=O)[O-])c1. The van der Waals surface area contributed by atoms with Crippen LogP contribution in [-0.4, -0.2) is 94.8 Å². The van der Waals surface area contributed by atoms with E-state index in [1.54, 1.807) is 12.2 Å². The number of aliphatic hydroxyl groups excluding tert-OH is 2. The van der Waals surface area contributed by atoms with E-state index in [0.717, 1.165) is 125 Å². The zero-order valence-electron chi connectivity index (χ0n) is 41.8. The molecule has 1 amide bonds. The normalized spacial score (nSPS) is 20.9. The number of nitrogens with zero attached hydrogens (tertiary/aromatic N) is 2. The van der Waals surface area contributed by atoms with Crippen LogP contribution in [0.15, 0.2) is 64.4 Å². The lowest BCUT2D eigenvalue weighted by atomic mass is 9.82. The van der Waals surface area contributed by atoms with Crippen LogP contribution in [0, 0.1) is 11.8 Å². The molecule has 14 nitrogen and oxygen atoms in total. The van der Waals surface area contributed by atoms with Crippen molar-refractivity contribution >= 4 is 43.1 Å². The Morgan fingerprint density at radius 3 is 2.46 bits per heavy atom. The molecule has 0 radical (unpaired) electrons. The van der Waals surface area contributed by atoms with Gasteiger partial charge in [-0.3, -0.25) is 9.59 Å². The lowest BCUT2D eigenvalue weighted by Crippen LogP contribution is -2.45. The van der Waals surface area contributed by atoms with Gasteiger partial charge in [-0.15, -0.1) is 0 Å². The molecule has 6 aliphatic rings. The number of amides is 1. The smallest absolute Gasteiger partial charge is 0.240 e. The molecule has 0 saturated heterocycles. The summed E-state index contributed by atoms with van der Waals surface area (Å²) in [6.45, 7) is 6.50. The second kappa shape index (κ2) is 22.8. The van der Waals surface area contributed by atoms with Gasteiger partial charge in [-0.1, -0.05) is 63.0 Å². The molecular formula is C56H72N4O10S2. The molecule has 388 valence electrons. The Balaban J connectivity index is 0.812. The first-order chi connectivity index (χ1) is 34.7. The van der Waals surface area contributed by atoms with E-state index in [-0.39, 0.29) is 47.0 Å². The molecule has 16 heteroatoms. The van der Waals surface area contributed by atoms with Gasteiger partial charge in [-0.05, 0) is 107 Å². The summed E-state index contributed by atoms with van der Waals surface area (Å²) in [5, 5.41) is 25.6. The molecule has 3 aromatic rings. The third-order valence-electron chi connectivity index (χ3n) is 15.7. The molecule has 5 aliphatic heterocycles. The van der Waals surface area contributed by atoms with Crippen molar-refractivity contribution in [3.05, 3.63) is 98.6 Å². The number of sulfonamides is 1. The van der Waals surface area contributed by atoms with Crippen molar-refractivity contribution in [2.45, 2.75) is 157 Å². The Labute approximate surface area is 425 Å². The van der Waals surface area contributed by atoms with E-state index in [0.29, 0.717) is 75.0 Å². The molecule has 3 aromatic carbocycles. The van der Waals surface area contributed by atoms with E-state index in [2.05, 4.69) is 38.6 Å². The third-order valence-corrected chi connectivity index (χ3v) is 18.0. The third kappa shape index (κ3) is 11.3. The first-order valence-electron chi connectivity index (χ1n) is 26.7. The number of aliphatic hydroxyl groups is 2. The fourth-order valence-electron chi connectivity index (χ4n) is 12.1. The molecule has 9 rings (SSSR count). The highest BCUT2D eigenvalue weighted by atomic mass is 32.2. The Kier molecular flexibility index (Phi) is 16.5. The van der Waals surface area contributed by atoms with E-state index in [1.165, 1.54) is 34.3 Å². The standard InChI is InChI=1S/C56H72N4O10S2/c1-2-3-7-18-39(61)23-25-42-41(48(62)36-49(42)63)19-8-4-5-9-22-51(64)57-27-10-6-11-28-58-71(65,66)40-24-26-43(50(35-40)72(67,68)69)52-46-33-37-16-12-29-59-31-14-20-44(53(37)59)55(46)70-56-45-21-15-32-60-30-13-17-38(54(45)60)34-47(52)56/h4,8,23-26,33-35,39,41-42,49,58,61,63H,2-3,5-7,9-22,27-32,36H2,1H3,(H-,57,64,67,68,69)/b8-4-,25-23+/t39?,41?,42-,49?/m1/s1. The lowest BCUT2D eigenvalue weighted by molar-refractivity contribution is -0.121. The summed E-state index contributed by atoms with van der Waals surface area (Å²) in [7, 11) is -9.40. The van der Waals surface area contributed by atoms with E-state index < -0.39 is 37.2 Å². The van der Waals surface area contributed by atoms with Gasteiger partial charge < -0.3 is 29.7 Å². The van der Waals surface area contributed by atoms with Gasteiger partial charge in [0.1, 0.15) is 40.5 Å². The van der Waals surface area contributed by atoms with Crippen molar-refractivity contribution < 1.29 is 45.9 Å². The van der Waals surface area contributed by atoms with Gasteiger partial charge >= 0.3 is 0 Å². The number of allylic oxidation sites excluding steroid dienone is 2. The van der Waals surface area contributed by atoms with E-state index in [4.69, 9.17) is 4.74 Å². The molecule has 4 atom stereocenters. The predicted octanol–water partition coefficient (Wildman–Crippen LogP) is 5.77. The first kappa shape index (κ1) is 52.2.